The molecule has 3 unspecified atom stereocenters. The summed E-state index contributed by atoms with van der Waals surface area (Å²) in [6.07, 6.45) is 7.28. The normalized spacial score (nSPS) is 22.7. The average Bonchev–Trinajstić information content (AvgIpc) is 2.70. The third-order valence-electron chi connectivity index (χ3n) is 5.43. The lowest BCUT2D eigenvalue weighted by Crippen LogP contribution is -2.44. The van der Waals surface area contributed by atoms with Gasteiger partial charge in [-0.1, -0.05) is 42.5 Å². The van der Waals surface area contributed by atoms with Gasteiger partial charge >= 0.3 is 11.9 Å². The number of ether oxygens (including phenoxy) is 1. The van der Waals surface area contributed by atoms with E-state index >= 15 is 0 Å². The van der Waals surface area contributed by atoms with Crippen LogP contribution in [0.5, 0.6) is 0 Å². The van der Waals surface area contributed by atoms with E-state index in [1.54, 1.807) is 25.2 Å². The van der Waals surface area contributed by atoms with E-state index in [0.717, 1.165) is 16.7 Å². The van der Waals surface area contributed by atoms with Crippen molar-refractivity contribution >= 4 is 11.9 Å². The fourth-order valence-corrected chi connectivity index (χ4v) is 3.47. The van der Waals surface area contributed by atoms with Crippen LogP contribution in [-0.2, 0) is 14.3 Å². The number of esters is 1. The van der Waals surface area contributed by atoms with Gasteiger partial charge in [-0.25, -0.2) is 0 Å². The van der Waals surface area contributed by atoms with Gasteiger partial charge in [0.05, 0.1) is 17.9 Å². The third-order valence-corrected chi connectivity index (χ3v) is 5.43. The molecule has 0 aliphatic heterocycles. The van der Waals surface area contributed by atoms with Crippen molar-refractivity contribution in [2.45, 2.75) is 40.0 Å². The number of hydrogen-bond acceptors (Lipinski definition) is 4. The van der Waals surface area contributed by atoms with Crippen molar-refractivity contribution in [3.63, 3.8) is 0 Å². The Morgan fingerprint density at radius 2 is 1.80 bits per heavy atom. The van der Waals surface area contributed by atoms with Crippen molar-refractivity contribution in [2.24, 2.45) is 11.8 Å². The molecule has 1 N–H and O–H groups in total. The smallest absolute Gasteiger partial charge is 0.315 e. The number of nitrogens with zero attached hydrogens (tertiary/aromatic N) is 1. The van der Waals surface area contributed by atoms with Crippen LogP contribution in [0.3, 0.4) is 0 Å². The highest BCUT2D eigenvalue weighted by Crippen LogP contribution is 2.48. The SMILES string of the molecule is C\C=C/C(OC(=O)C1CC(C(=O)O)C1c1ccccc1)=C(C)/C(C)=C/C=C(\C)C#N. The molecule has 0 spiro atoms. The highest BCUT2D eigenvalue weighted by atomic mass is 16.5. The summed E-state index contributed by atoms with van der Waals surface area (Å²) in [6, 6.07) is 11.3. The quantitative estimate of drug-likeness (QED) is 0.288. The Bertz CT molecular complexity index is 961. The van der Waals surface area contributed by atoms with Crippen LogP contribution in [0.2, 0.25) is 0 Å². The third kappa shape index (κ3) is 5.36. The van der Waals surface area contributed by atoms with Crippen LogP contribution in [0.25, 0.3) is 0 Å². The first-order valence-electron chi connectivity index (χ1n) is 9.88. The standard InChI is InChI=1S/C25H27NO4/c1-5-9-22(18(4)17(3)13-12-16(2)15-26)30-25(29)21-14-20(24(27)28)23(21)19-10-7-6-8-11-19/h5-13,20-21,23H,14H2,1-4H3,(H,27,28)/b9-5-,16-12+,17-13+,22-18-. The molecule has 1 aromatic rings. The van der Waals surface area contributed by atoms with Crippen molar-refractivity contribution in [1.82, 2.24) is 0 Å². The number of aliphatic carboxylic acids is 1. The van der Waals surface area contributed by atoms with Gasteiger partial charge in [-0.2, -0.15) is 5.26 Å². The molecule has 2 rings (SSSR count). The Kier molecular flexibility index (Phi) is 7.94. The van der Waals surface area contributed by atoms with E-state index in [-0.39, 0.29) is 6.42 Å². The largest absolute Gasteiger partial charge is 0.481 e. The zero-order chi connectivity index (χ0) is 22.3. The van der Waals surface area contributed by atoms with E-state index in [0.29, 0.717) is 11.3 Å². The van der Waals surface area contributed by atoms with Crippen LogP contribution in [0.1, 0.15) is 45.6 Å². The van der Waals surface area contributed by atoms with Crippen molar-refractivity contribution in [3.8, 4) is 6.07 Å². The molecule has 0 radical (unpaired) electrons. The van der Waals surface area contributed by atoms with Crippen molar-refractivity contribution in [1.29, 1.82) is 5.26 Å². The molecule has 0 amide bonds. The summed E-state index contributed by atoms with van der Waals surface area (Å²) in [5, 5.41) is 18.4. The van der Waals surface area contributed by atoms with Crippen molar-refractivity contribution in [2.75, 3.05) is 0 Å². The molecule has 5 nitrogen and oxygen atoms in total. The molecule has 0 heterocycles. The number of carbonyl (C=O) groups excluding carboxylic acids is 1. The lowest BCUT2D eigenvalue weighted by molar-refractivity contribution is -0.158. The van der Waals surface area contributed by atoms with Gasteiger partial charge in [0.1, 0.15) is 5.76 Å². The second-order valence-electron chi connectivity index (χ2n) is 7.44. The molecule has 0 aromatic heterocycles. The molecule has 0 bridgehead atoms. The van der Waals surface area contributed by atoms with Gasteiger partial charge in [0.2, 0.25) is 0 Å². The predicted molar refractivity (Wildman–Crippen MR) is 115 cm³/mol. The molecule has 5 heteroatoms. The highest BCUT2D eigenvalue weighted by Gasteiger charge is 2.50. The van der Waals surface area contributed by atoms with Crippen molar-refractivity contribution < 1.29 is 19.4 Å². The molecule has 1 saturated carbocycles. The minimum absolute atomic E-state index is 0.259. The Balaban J connectivity index is 2.28. The van der Waals surface area contributed by atoms with E-state index < -0.39 is 29.7 Å². The maximum Gasteiger partial charge on any atom is 0.315 e. The number of rotatable bonds is 7. The number of carboxylic acids is 1. The number of benzene rings is 1. The Hall–Kier alpha value is -3.39. The van der Waals surface area contributed by atoms with Gasteiger partial charge in [-0.15, -0.1) is 0 Å². The van der Waals surface area contributed by atoms with Gasteiger partial charge in [0.25, 0.3) is 0 Å². The van der Waals surface area contributed by atoms with E-state index in [2.05, 4.69) is 6.07 Å². The van der Waals surface area contributed by atoms with Gasteiger partial charge < -0.3 is 9.84 Å². The van der Waals surface area contributed by atoms with Gasteiger partial charge in [0, 0.05) is 11.5 Å². The molecule has 1 fully saturated rings. The highest BCUT2D eigenvalue weighted by molar-refractivity contribution is 5.82. The summed E-state index contributed by atoms with van der Waals surface area (Å²) in [7, 11) is 0. The van der Waals surface area contributed by atoms with Crippen LogP contribution < -0.4 is 0 Å². The van der Waals surface area contributed by atoms with Crippen LogP contribution in [-0.4, -0.2) is 17.0 Å². The topological polar surface area (TPSA) is 87.4 Å². The summed E-state index contributed by atoms with van der Waals surface area (Å²) in [5.74, 6) is -2.41. The van der Waals surface area contributed by atoms with E-state index in [4.69, 9.17) is 10.00 Å². The number of allylic oxidation sites excluding steroid dienone is 7. The first-order valence-corrected chi connectivity index (χ1v) is 9.88. The number of nitriles is 1. The molecule has 1 aliphatic rings. The molecule has 30 heavy (non-hydrogen) atoms. The molecule has 1 aliphatic carbocycles. The van der Waals surface area contributed by atoms with Crippen LogP contribution in [0.15, 0.2) is 77.1 Å². The maximum absolute atomic E-state index is 12.9. The Morgan fingerprint density at radius 3 is 2.37 bits per heavy atom. The minimum atomic E-state index is -0.897. The zero-order valence-electron chi connectivity index (χ0n) is 17.8. The second kappa shape index (κ2) is 10.4. The zero-order valence-corrected chi connectivity index (χ0v) is 17.8. The molecule has 3 atom stereocenters. The van der Waals surface area contributed by atoms with E-state index in [1.165, 1.54) is 0 Å². The Labute approximate surface area is 177 Å². The molecular formula is C25H27NO4. The maximum atomic E-state index is 12.9. The summed E-state index contributed by atoms with van der Waals surface area (Å²) >= 11 is 0. The lowest BCUT2D eigenvalue weighted by Gasteiger charge is -2.41. The second-order valence-corrected chi connectivity index (χ2v) is 7.44. The predicted octanol–water partition coefficient (Wildman–Crippen LogP) is 5.30. The first-order chi connectivity index (χ1) is 14.3. The average molecular weight is 405 g/mol. The van der Waals surface area contributed by atoms with E-state index in [1.807, 2.05) is 57.2 Å². The van der Waals surface area contributed by atoms with Crippen molar-refractivity contribution in [3.05, 3.63) is 82.7 Å². The fraction of sp³-hybridized carbons (Fsp3) is 0.320. The minimum Gasteiger partial charge on any atom is -0.481 e. The molecule has 1 aromatic carbocycles. The van der Waals surface area contributed by atoms with Crippen LogP contribution >= 0.6 is 0 Å². The first kappa shape index (κ1) is 22.9. The summed E-state index contributed by atoms with van der Waals surface area (Å²) in [6.45, 7) is 7.27. The van der Waals surface area contributed by atoms with Crippen LogP contribution in [0.4, 0.5) is 0 Å². The molecular weight excluding hydrogens is 378 g/mol. The molecule has 0 saturated heterocycles. The monoisotopic (exact) mass is 405 g/mol. The number of hydrogen-bond donors (Lipinski definition) is 1. The van der Waals surface area contributed by atoms with Gasteiger partial charge in [-0.05, 0) is 63.0 Å². The fourth-order valence-electron chi connectivity index (χ4n) is 3.47. The van der Waals surface area contributed by atoms with Gasteiger partial charge in [-0.3, -0.25) is 9.59 Å². The number of carboxylic acid groups (broad SMARTS) is 1. The summed E-state index contributed by atoms with van der Waals surface area (Å²) in [4.78, 5) is 24.5. The molecule has 156 valence electrons. The summed E-state index contributed by atoms with van der Waals surface area (Å²) < 4.78 is 5.73. The van der Waals surface area contributed by atoms with Crippen LogP contribution in [0, 0.1) is 23.2 Å². The Morgan fingerprint density at radius 1 is 1.13 bits per heavy atom. The van der Waals surface area contributed by atoms with Gasteiger partial charge in [0.15, 0.2) is 0 Å². The van der Waals surface area contributed by atoms with E-state index in [9.17, 15) is 14.7 Å². The lowest BCUT2D eigenvalue weighted by atomic mass is 9.62. The number of carbonyl (C=O) groups is 2. The summed E-state index contributed by atoms with van der Waals surface area (Å²) in [5.41, 5.74) is 3.04.